The zero-order valence-electron chi connectivity index (χ0n) is 40.3. The Morgan fingerprint density at radius 3 is 1.60 bits per heavy atom. The van der Waals surface area contributed by atoms with E-state index in [-0.39, 0.29) is 40.6 Å². The van der Waals surface area contributed by atoms with Crippen LogP contribution in [-0.4, -0.2) is 74.8 Å². The molecule has 0 bridgehead atoms. The van der Waals surface area contributed by atoms with Crippen LogP contribution in [0.3, 0.4) is 0 Å². The number of nitro benzene ring substituents is 1. The van der Waals surface area contributed by atoms with Gasteiger partial charge in [-0.15, -0.1) is 0 Å². The summed E-state index contributed by atoms with van der Waals surface area (Å²) in [4.78, 5) is 41.3. The lowest BCUT2D eigenvalue weighted by atomic mass is 9.68. The first kappa shape index (κ1) is 52.2. The molecule has 0 spiro atoms. The van der Waals surface area contributed by atoms with Gasteiger partial charge in [0.25, 0.3) is 5.69 Å². The first-order valence-corrected chi connectivity index (χ1v) is 24.1. The van der Waals surface area contributed by atoms with Crippen molar-refractivity contribution in [2.24, 2.45) is 0 Å². The Morgan fingerprint density at radius 2 is 1.17 bits per heavy atom. The van der Waals surface area contributed by atoms with Crippen LogP contribution in [0.15, 0.2) is 143 Å². The summed E-state index contributed by atoms with van der Waals surface area (Å²) in [5.74, 6) is 4.37. The number of nitro groups is 1. The summed E-state index contributed by atoms with van der Waals surface area (Å²) in [6, 6.07) is 41.4. The van der Waals surface area contributed by atoms with E-state index in [1.165, 1.54) is 29.8 Å². The summed E-state index contributed by atoms with van der Waals surface area (Å²) in [6.45, 7) is 2.43. The van der Waals surface area contributed by atoms with Crippen LogP contribution in [0.5, 0.6) is 17.2 Å². The second-order valence-corrected chi connectivity index (χ2v) is 17.7. The lowest BCUT2D eigenvalue weighted by Crippen LogP contribution is -2.38. The second kappa shape index (κ2) is 25.0. The van der Waals surface area contributed by atoms with Gasteiger partial charge in [-0.1, -0.05) is 95.2 Å². The number of hydrogen-bond acceptors (Lipinski definition) is 15. The van der Waals surface area contributed by atoms with Crippen molar-refractivity contribution in [2.75, 3.05) is 20.8 Å². The molecule has 7 aromatic rings. The number of aromatic nitrogens is 4. The Hall–Kier alpha value is -7.63. The van der Waals surface area contributed by atoms with Gasteiger partial charge in [-0.25, -0.2) is 9.59 Å². The van der Waals surface area contributed by atoms with Gasteiger partial charge in [-0.05, 0) is 117 Å². The van der Waals surface area contributed by atoms with Crippen molar-refractivity contribution in [3.63, 3.8) is 0 Å². The number of non-ortho nitro benzene ring substituents is 1. The third kappa shape index (κ3) is 13.6. The van der Waals surface area contributed by atoms with E-state index < -0.39 is 10.4 Å². The summed E-state index contributed by atoms with van der Waals surface area (Å²) < 4.78 is 31.9. The van der Waals surface area contributed by atoms with Gasteiger partial charge in [-0.3, -0.25) is 10.1 Å². The third-order valence-corrected chi connectivity index (χ3v) is 12.9. The molecular formula is C54H57ClN6O11. The Labute approximate surface area is 422 Å². The fraction of sp³-hybridized carbons (Fsp3) is 0.333. The molecule has 2 aliphatic rings. The molecule has 18 heteroatoms. The van der Waals surface area contributed by atoms with Crippen molar-refractivity contribution in [3.8, 4) is 17.2 Å². The Morgan fingerprint density at radius 1 is 0.694 bits per heavy atom. The summed E-state index contributed by atoms with van der Waals surface area (Å²) in [7, 11) is 3.31. The number of amides is 1. The molecule has 0 radical (unpaired) electrons. The average Bonchev–Trinajstić information content (AvgIpc) is 4.09. The largest absolute Gasteiger partial charge is 0.497 e. The number of halogens is 1. The number of hydrogen-bond donors (Lipinski definition) is 2. The van der Waals surface area contributed by atoms with E-state index in [1.807, 2.05) is 91.9 Å². The molecule has 0 unspecified atom stereocenters. The number of ether oxygens (including phenoxy) is 4. The van der Waals surface area contributed by atoms with E-state index in [1.54, 1.807) is 14.2 Å². The molecule has 2 aromatic heterocycles. The van der Waals surface area contributed by atoms with Gasteiger partial charge in [0.05, 0.1) is 48.9 Å². The third-order valence-electron chi connectivity index (χ3n) is 12.9. The summed E-state index contributed by atoms with van der Waals surface area (Å²) in [5.41, 5.74) is 2.75. The number of nitrogens with one attached hydrogen (secondary N) is 1. The maximum absolute atomic E-state index is 11.9. The van der Waals surface area contributed by atoms with Crippen LogP contribution < -0.4 is 19.5 Å². The lowest BCUT2D eigenvalue weighted by molar-refractivity contribution is -0.384. The summed E-state index contributed by atoms with van der Waals surface area (Å²) in [6.07, 6.45) is 6.55. The molecule has 1 amide bonds. The van der Waals surface area contributed by atoms with Crippen molar-refractivity contribution in [1.29, 1.82) is 0 Å². The molecule has 2 N–H and O–H groups in total. The minimum atomic E-state index is -0.978. The van der Waals surface area contributed by atoms with E-state index in [0.29, 0.717) is 37.0 Å². The standard InChI is InChI=1S/C25H29N3O4.C22H24N2O3.C7H4ClNO4/c1-3-26-24(29)31-20-12-14-25(15-13-20,19-9-5-4-6-10-19)23-27-22(32-28-23)17-18-8-7-11-21(16-18)30-2;1-26-19-9-5-6-16(14-19)15-20-23-21(24-27-20)22(12-10-18(25)11-13-22)17-7-3-2-4-8-17;8-7(10)13-6-3-1-5(2-4-6)9(11)12/h4-11,16,20H,3,12-15,17H2,1-2H3,(H,26,29);2-9,14,18,25H,10-13,15H2,1H3;1-4H. The fourth-order valence-corrected chi connectivity index (χ4v) is 9.21. The number of nitrogens with zero attached hydrogens (tertiary/aromatic N) is 5. The highest BCUT2D eigenvalue weighted by molar-refractivity contribution is 6.61. The Balaban J connectivity index is 0.000000172. The monoisotopic (exact) mass is 1000 g/mol. The van der Waals surface area contributed by atoms with Gasteiger partial charge in [0.1, 0.15) is 23.4 Å². The molecule has 2 fully saturated rings. The average molecular weight is 1000 g/mol. The second-order valence-electron chi connectivity index (χ2n) is 17.4. The molecule has 5 aromatic carbocycles. The van der Waals surface area contributed by atoms with Gasteiger partial charge >= 0.3 is 11.5 Å². The van der Waals surface area contributed by atoms with Gasteiger partial charge in [0, 0.05) is 30.3 Å². The molecule has 0 aliphatic heterocycles. The van der Waals surface area contributed by atoms with Crippen molar-refractivity contribution >= 4 is 28.8 Å². The molecule has 0 atom stereocenters. The molecule has 2 aliphatic carbocycles. The quantitative estimate of drug-likeness (QED) is 0.0587. The Bertz CT molecular complexity index is 2830. The van der Waals surface area contributed by atoms with Crippen molar-refractivity contribution in [2.45, 2.75) is 94.2 Å². The number of aliphatic hydroxyl groups excluding tert-OH is 1. The molecule has 376 valence electrons. The molecule has 0 saturated heterocycles. The normalized spacial score (nSPS) is 19.2. The number of methoxy groups -OCH3 is 2. The predicted octanol–water partition coefficient (Wildman–Crippen LogP) is 10.9. The topological polar surface area (TPSA) is 224 Å². The number of carbonyl (C=O) groups excluding carboxylic acids is 2. The lowest BCUT2D eigenvalue weighted by Gasteiger charge is -2.38. The van der Waals surface area contributed by atoms with E-state index in [0.717, 1.165) is 85.4 Å². The number of benzene rings is 5. The molecule has 9 rings (SSSR count). The van der Waals surface area contributed by atoms with E-state index in [4.69, 9.17) is 44.8 Å². The predicted molar refractivity (Wildman–Crippen MR) is 267 cm³/mol. The molecule has 72 heavy (non-hydrogen) atoms. The highest BCUT2D eigenvalue weighted by atomic mass is 35.5. The van der Waals surface area contributed by atoms with Crippen molar-refractivity contribution < 1.29 is 47.6 Å². The van der Waals surface area contributed by atoms with Crippen molar-refractivity contribution in [3.05, 3.63) is 189 Å². The van der Waals surface area contributed by atoms with E-state index >= 15 is 0 Å². The highest BCUT2D eigenvalue weighted by Gasteiger charge is 2.44. The first-order chi connectivity index (χ1) is 34.9. The van der Waals surface area contributed by atoms with Crippen LogP contribution in [0, 0.1) is 10.1 Å². The highest BCUT2D eigenvalue weighted by Crippen LogP contribution is 2.45. The Kier molecular flexibility index (Phi) is 18.1. The minimum absolute atomic E-state index is 0.0747. The van der Waals surface area contributed by atoms with Gasteiger partial charge in [0.2, 0.25) is 11.8 Å². The van der Waals surface area contributed by atoms with Crippen LogP contribution in [0.2, 0.25) is 0 Å². The minimum Gasteiger partial charge on any atom is -0.497 e. The number of alkyl carbamates (subject to hydrolysis) is 1. The van der Waals surface area contributed by atoms with Gasteiger partial charge in [0.15, 0.2) is 11.6 Å². The first-order valence-electron chi connectivity index (χ1n) is 23.7. The maximum Gasteiger partial charge on any atom is 0.409 e. The zero-order valence-corrected chi connectivity index (χ0v) is 41.0. The zero-order chi connectivity index (χ0) is 50.9. The van der Waals surface area contributed by atoms with Gasteiger partial charge < -0.3 is 38.4 Å². The van der Waals surface area contributed by atoms with E-state index in [2.05, 4.69) is 44.6 Å². The van der Waals surface area contributed by atoms with Crippen LogP contribution in [0.4, 0.5) is 15.3 Å². The number of carbonyl (C=O) groups is 2. The number of rotatable bonds is 14. The molecule has 2 heterocycles. The summed E-state index contributed by atoms with van der Waals surface area (Å²) in [5, 5.41) is 31.7. The van der Waals surface area contributed by atoms with Crippen LogP contribution >= 0.6 is 11.6 Å². The molecule has 17 nitrogen and oxygen atoms in total. The van der Waals surface area contributed by atoms with Crippen LogP contribution in [0.1, 0.15) is 104 Å². The van der Waals surface area contributed by atoms with Crippen molar-refractivity contribution in [1.82, 2.24) is 25.6 Å². The fourth-order valence-electron chi connectivity index (χ4n) is 9.12. The number of aliphatic hydroxyl groups is 1. The maximum atomic E-state index is 11.9. The van der Waals surface area contributed by atoms with Crippen LogP contribution in [-0.2, 0) is 28.4 Å². The molecule has 2 saturated carbocycles. The molecular weight excluding hydrogens is 944 g/mol. The van der Waals surface area contributed by atoms with Crippen LogP contribution in [0.25, 0.3) is 0 Å². The van der Waals surface area contributed by atoms with E-state index in [9.17, 15) is 24.8 Å². The van der Waals surface area contributed by atoms with Gasteiger partial charge in [-0.2, -0.15) is 9.97 Å². The smallest absolute Gasteiger partial charge is 0.409 e. The summed E-state index contributed by atoms with van der Waals surface area (Å²) >= 11 is 4.92. The SMILES string of the molecule is CCNC(=O)OC1CCC(c2ccccc2)(c2noc(Cc3cccc(OC)c3)n2)CC1.COc1cccc(Cc2nc(C3(c4ccccc4)CCC(O)CC3)no2)c1.O=C(Cl)Oc1ccc([N+](=O)[O-])cc1.